The number of aromatic nitrogens is 2. The van der Waals surface area contributed by atoms with E-state index >= 15 is 0 Å². The van der Waals surface area contributed by atoms with Gasteiger partial charge in [-0.3, -0.25) is 4.98 Å². The summed E-state index contributed by atoms with van der Waals surface area (Å²) in [4.78, 5) is 9.59. The molecule has 0 aliphatic carbocycles. The molecule has 0 fully saturated rings. The Kier molecular flexibility index (Phi) is 3.46. The number of rotatable bonds is 2. The van der Waals surface area contributed by atoms with Crippen LogP contribution in [0.2, 0.25) is 0 Å². The second-order valence-corrected chi connectivity index (χ2v) is 6.32. The first-order chi connectivity index (χ1) is 12.9. The van der Waals surface area contributed by atoms with Gasteiger partial charge in [-0.25, -0.2) is 4.98 Å². The third-order valence-electron chi connectivity index (χ3n) is 4.71. The minimum atomic E-state index is 0.968. The van der Waals surface area contributed by atoms with Gasteiger partial charge in [-0.1, -0.05) is 72.8 Å². The van der Waals surface area contributed by atoms with Gasteiger partial charge < -0.3 is 0 Å². The maximum Gasteiger partial charge on any atom is 0.0716 e. The maximum absolute atomic E-state index is 4.94. The SMILES string of the molecule is c1ccc(-c2cccc(-c3cccc4ncc5ccccc5c34)n2)cc1. The van der Waals surface area contributed by atoms with Crippen molar-refractivity contribution >= 4 is 21.7 Å². The van der Waals surface area contributed by atoms with Crippen LogP contribution in [0.15, 0.2) is 97.2 Å². The molecule has 0 saturated heterocycles. The van der Waals surface area contributed by atoms with Crippen molar-refractivity contribution in [3.63, 3.8) is 0 Å². The van der Waals surface area contributed by atoms with Crippen molar-refractivity contribution in [3.05, 3.63) is 97.2 Å². The van der Waals surface area contributed by atoms with Crippen LogP contribution in [0.3, 0.4) is 0 Å². The van der Waals surface area contributed by atoms with Crippen molar-refractivity contribution in [1.29, 1.82) is 0 Å². The van der Waals surface area contributed by atoms with Gasteiger partial charge in [-0.15, -0.1) is 0 Å². The highest BCUT2D eigenvalue weighted by atomic mass is 14.7. The van der Waals surface area contributed by atoms with Gasteiger partial charge in [0.05, 0.1) is 16.9 Å². The molecule has 0 radical (unpaired) electrons. The van der Waals surface area contributed by atoms with E-state index in [1.54, 1.807) is 0 Å². The van der Waals surface area contributed by atoms with Gasteiger partial charge in [0, 0.05) is 28.1 Å². The molecule has 0 bridgehead atoms. The Labute approximate surface area is 151 Å². The van der Waals surface area contributed by atoms with E-state index in [4.69, 9.17) is 4.98 Å². The first kappa shape index (κ1) is 14.8. The molecule has 122 valence electrons. The van der Waals surface area contributed by atoms with E-state index in [9.17, 15) is 0 Å². The average Bonchev–Trinajstić information content (AvgIpc) is 2.74. The van der Waals surface area contributed by atoms with Gasteiger partial charge >= 0.3 is 0 Å². The zero-order chi connectivity index (χ0) is 17.3. The summed E-state index contributed by atoms with van der Waals surface area (Å²) in [6, 6.07) is 31.1. The zero-order valence-electron chi connectivity index (χ0n) is 14.1. The molecule has 0 aliphatic rings. The van der Waals surface area contributed by atoms with Gasteiger partial charge in [0.2, 0.25) is 0 Å². The van der Waals surface area contributed by atoms with E-state index in [0.29, 0.717) is 0 Å². The molecule has 0 aliphatic heterocycles. The number of hydrogen-bond acceptors (Lipinski definition) is 2. The number of benzene rings is 3. The van der Waals surface area contributed by atoms with Gasteiger partial charge in [-0.05, 0) is 23.6 Å². The fraction of sp³-hybridized carbons (Fsp3) is 0. The monoisotopic (exact) mass is 332 g/mol. The Morgan fingerprint density at radius 1 is 0.577 bits per heavy atom. The zero-order valence-corrected chi connectivity index (χ0v) is 14.1. The predicted molar refractivity (Wildman–Crippen MR) is 108 cm³/mol. The number of nitrogens with zero attached hydrogens (tertiary/aromatic N) is 2. The van der Waals surface area contributed by atoms with Gasteiger partial charge in [0.25, 0.3) is 0 Å². The Morgan fingerprint density at radius 3 is 2.27 bits per heavy atom. The normalized spacial score (nSPS) is 11.1. The van der Waals surface area contributed by atoms with Gasteiger partial charge in [0.15, 0.2) is 0 Å². The second-order valence-electron chi connectivity index (χ2n) is 6.32. The lowest BCUT2D eigenvalue weighted by Crippen LogP contribution is -1.90. The second kappa shape index (κ2) is 6.08. The van der Waals surface area contributed by atoms with Crippen LogP contribution in [0.25, 0.3) is 44.2 Å². The standard InChI is InChI=1S/C24H16N2/c1-2-8-17(9-3-1)21-13-7-14-22(26-21)20-12-6-15-23-24(20)19-11-5-4-10-18(19)16-25-23/h1-16H. The van der Waals surface area contributed by atoms with Gasteiger partial charge in [-0.2, -0.15) is 0 Å². The maximum atomic E-state index is 4.94. The van der Waals surface area contributed by atoms with Crippen LogP contribution in [0, 0.1) is 0 Å². The molecule has 5 rings (SSSR count). The molecule has 0 N–H and O–H groups in total. The lowest BCUT2D eigenvalue weighted by molar-refractivity contribution is 1.33. The van der Waals surface area contributed by atoms with Crippen molar-refractivity contribution in [3.8, 4) is 22.5 Å². The number of pyridine rings is 2. The summed E-state index contributed by atoms with van der Waals surface area (Å²) >= 11 is 0. The summed E-state index contributed by atoms with van der Waals surface area (Å²) in [5, 5.41) is 3.51. The Morgan fingerprint density at radius 2 is 1.35 bits per heavy atom. The highest BCUT2D eigenvalue weighted by Gasteiger charge is 2.10. The topological polar surface area (TPSA) is 25.8 Å². The summed E-state index contributed by atoms with van der Waals surface area (Å²) in [5.41, 5.74) is 5.18. The molecule has 0 amide bonds. The third kappa shape index (κ3) is 2.44. The average molecular weight is 332 g/mol. The molecule has 5 aromatic rings. The third-order valence-corrected chi connectivity index (χ3v) is 4.71. The molecule has 2 heterocycles. The van der Waals surface area contributed by atoms with Crippen LogP contribution in [0.1, 0.15) is 0 Å². The molecule has 0 unspecified atom stereocenters. The molecule has 26 heavy (non-hydrogen) atoms. The summed E-state index contributed by atoms with van der Waals surface area (Å²) in [6.45, 7) is 0. The predicted octanol–water partition coefficient (Wildman–Crippen LogP) is 6.12. The molecule has 2 aromatic heterocycles. The molecule has 0 spiro atoms. The number of hydrogen-bond donors (Lipinski definition) is 0. The molecular formula is C24H16N2. The molecule has 2 nitrogen and oxygen atoms in total. The van der Waals surface area contributed by atoms with E-state index in [-0.39, 0.29) is 0 Å². The van der Waals surface area contributed by atoms with Crippen molar-refractivity contribution in [1.82, 2.24) is 9.97 Å². The van der Waals surface area contributed by atoms with E-state index < -0.39 is 0 Å². The smallest absolute Gasteiger partial charge is 0.0716 e. The van der Waals surface area contributed by atoms with Crippen LogP contribution < -0.4 is 0 Å². The van der Waals surface area contributed by atoms with Gasteiger partial charge in [0.1, 0.15) is 0 Å². The Balaban J connectivity index is 1.79. The minimum Gasteiger partial charge on any atom is -0.256 e. The van der Waals surface area contributed by atoms with Crippen LogP contribution >= 0.6 is 0 Å². The molecule has 2 heteroatoms. The fourth-order valence-corrected chi connectivity index (χ4v) is 3.47. The van der Waals surface area contributed by atoms with Crippen molar-refractivity contribution < 1.29 is 0 Å². The summed E-state index contributed by atoms with van der Waals surface area (Å²) < 4.78 is 0. The summed E-state index contributed by atoms with van der Waals surface area (Å²) in [5.74, 6) is 0. The highest BCUT2D eigenvalue weighted by molar-refractivity contribution is 6.12. The van der Waals surface area contributed by atoms with E-state index in [2.05, 4.69) is 71.7 Å². The van der Waals surface area contributed by atoms with E-state index in [1.165, 1.54) is 5.39 Å². The lowest BCUT2D eigenvalue weighted by Gasteiger charge is -2.10. The first-order valence-electron chi connectivity index (χ1n) is 8.69. The van der Waals surface area contributed by atoms with Crippen molar-refractivity contribution in [2.24, 2.45) is 0 Å². The molecule has 0 atom stereocenters. The van der Waals surface area contributed by atoms with Crippen LogP contribution in [-0.2, 0) is 0 Å². The fourth-order valence-electron chi connectivity index (χ4n) is 3.47. The minimum absolute atomic E-state index is 0.968. The summed E-state index contributed by atoms with van der Waals surface area (Å²) in [6.07, 6.45) is 1.94. The quantitative estimate of drug-likeness (QED) is 0.364. The highest BCUT2D eigenvalue weighted by Crippen LogP contribution is 2.33. The molecule has 3 aromatic carbocycles. The van der Waals surface area contributed by atoms with Crippen molar-refractivity contribution in [2.75, 3.05) is 0 Å². The van der Waals surface area contributed by atoms with E-state index in [0.717, 1.165) is 38.8 Å². The van der Waals surface area contributed by atoms with Crippen LogP contribution in [0.4, 0.5) is 0 Å². The van der Waals surface area contributed by atoms with E-state index in [1.807, 2.05) is 30.5 Å². The largest absolute Gasteiger partial charge is 0.256 e. The van der Waals surface area contributed by atoms with Crippen LogP contribution in [0.5, 0.6) is 0 Å². The first-order valence-corrected chi connectivity index (χ1v) is 8.69. The van der Waals surface area contributed by atoms with Crippen LogP contribution in [-0.4, -0.2) is 9.97 Å². The number of fused-ring (bicyclic) bond motifs is 3. The van der Waals surface area contributed by atoms with Crippen molar-refractivity contribution in [2.45, 2.75) is 0 Å². The Bertz CT molecular complexity index is 1230. The Hall–Kier alpha value is -3.52. The summed E-state index contributed by atoms with van der Waals surface area (Å²) in [7, 11) is 0. The molecule has 0 saturated carbocycles. The lowest BCUT2D eigenvalue weighted by atomic mass is 9.99. The molecular weight excluding hydrogens is 316 g/mol.